The van der Waals surface area contributed by atoms with Crippen LogP contribution in [0.15, 0.2) is 83.9 Å². The smallest absolute Gasteiger partial charge is 0.193 e. The Labute approximate surface area is 111 Å². The first-order chi connectivity index (χ1) is 9.38. The summed E-state index contributed by atoms with van der Waals surface area (Å²) in [6.45, 7) is 0. The maximum absolute atomic E-state index is 11.8. The van der Waals surface area contributed by atoms with Crippen molar-refractivity contribution in [3.63, 3.8) is 0 Å². The fraction of sp³-hybridized carbons (Fsp3) is 0. The lowest BCUT2D eigenvalue weighted by atomic mass is 10.0. The molecule has 1 aromatic heterocycles. The minimum atomic E-state index is 0.0752. The molecule has 0 spiro atoms. The van der Waals surface area contributed by atoms with Crippen molar-refractivity contribution in [2.75, 3.05) is 0 Å². The lowest BCUT2D eigenvalue weighted by Crippen LogP contribution is -1.99. The highest BCUT2D eigenvalue weighted by Crippen LogP contribution is 2.08. The van der Waals surface area contributed by atoms with E-state index in [0.717, 1.165) is 11.1 Å². The van der Waals surface area contributed by atoms with Crippen molar-refractivity contribution in [1.29, 1.82) is 0 Å². The summed E-state index contributed by atoms with van der Waals surface area (Å²) in [6.07, 6.45) is 4.47. The molecule has 0 aliphatic carbocycles. The number of nitrogens with zero attached hydrogens (tertiary/aromatic N) is 1. The molecule has 0 unspecified atom stereocenters. The Kier molecular flexibility index (Phi) is 4.64. The van der Waals surface area contributed by atoms with Crippen molar-refractivity contribution < 1.29 is 9.21 Å². The predicted octanol–water partition coefficient (Wildman–Crippen LogP) is 3.59. The Balaban J connectivity index is 0.000000224. The quantitative estimate of drug-likeness (QED) is 0.654. The van der Waals surface area contributed by atoms with E-state index in [9.17, 15) is 4.79 Å². The Bertz CT molecular complexity index is 530. The van der Waals surface area contributed by atoms with Gasteiger partial charge in [0.15, 0.2) is 12.2 Å². The molecule has 94 valence electrons. The molecule has 19 heavy (non-hydrogen) atoms. The molecule has 0 radical (unpaired) electrons. The molecule has 1 heterocycles. The predicted molar refractivity (Wildman–Crippen MR) is 72.8 cm³/mol. The molecule has 0 saturated heterocycles. The fourth-order valence-corrected chi connectivity index (χ4v) is 1.52. The van der Waals surface area contributed by atoms with Crippen LogP contribution >= 0.6 is 0 Å². The van der Waals surface area contributed by atoms with Crippen LogP contribution in [0.3, 0.4) is 0 Å². The van der Waals surface area contributed by atoms with E-state index in [2.05, 4.69) is 9.40 Å². The summed E-state index contributed by atoms with van der Waals surface area (Å²) in [7, 11) is 0. The first kappa shape index (κ1) is 12.8. The van der Waals surface area contributed by atoms with Gasteiger partial charge in [-0.1, -0.05) is 60.7 Å². The summed E-state index contributed by atoms with van der Waals surface area (Å²) in [5.74, 6) is 0.0752. The topological polar surface area (TPSA) is 43.1 Å². The van der Waals surface area contributed by atoms with Gasteiger partial charge >= 0.3 is 0 Å². The average molecular weight is 251 g/mol. The largest absolute Gasteiger partial charge is 0.452 e. The minimum Gasteiger partial charge on any atom is -0.452 e. The highest BCUT2D eigenvalue weighted by molar-refractivity contribution is 6.08. The molecule has 0 fully saturated rings. The zero-order chi connectivity index (χ0) is 13.3. The summed E-state index contributed by atoms with van der Waals surface area (Å²) in [6, 6.07) is 18.6. The zero-order valence-electron chi connectivity index (χ0n) is 10.3. The van der Waals surface area contributed by atoms with Crippen LogP contribution in [0.4, 0.5) is 0 Å². The lowest BCUT2D eigenvalue weighted by Gasteiger charge is -1.99. The molecule has 0 bridgehead atoms. The van der Waals surface area contributed by atoms with Gasteiger partial charge in [-0.2, -0.15) is 0 Å². The van der Waals surface area contributed by atoms with Crippen LogP contribution in [0.5, 0.6) is 0 Å². The molecule has 0 aliphatic rings. The molecule has 0 atom stereocenters. The van der Waals surface area contributed by atoms with Crippen molar-refractivity contribution in [1.82, 2.24) is 4.98 Å². The second kappa shape index (κ2) is 6.91. The van der Waals surface area contributed by atoms with Crippen molar-refractivity contribution in [2.45, 2.75) is 0 Å². The number of oxazole rings is 1. The lowest BCUT2D eigenvalue weighted by molar-refractivity contribution is 0.103. The molecule has 0 saturated carbocycles. The first-order valence-corrected chi connectivity index (χ1v) is 5.85. The third kappa shape index (κ3) is 3.92. The molecule has 3 aromatic rings. The number of rotatable bonds is 2. The Morgan fingerprint density at radius 1 is 0.842 bits per heavy atom. The first-order valence-electron chi connectivity index (χ1n) is 5.85. The number of benzene rings is 2. The Morgan fingerprint density at radius 3 is 1.68 bits per heavy atom. The maximum atomic E-state index is 11.8. The summed E-state index contributed by atoms with van der Waals surface area (Å²) in [4.78, 5) is 15.4. The van der Waals surface area contributed by atoms with Crippen LogP contribution in [0.25, 0.3) is 0 Å². The van der Waals surface area contributed by atoms with E-state index in [4.69, 9.17) is 0 Å². The highest BCUT2D eigenvalue weighted by atomic mass is 16.3. The summed E-state index contributed by atoms with van der Waals surface area (Å²) >= 11 is 0. The van der Waals surface area contributed by atoms with Gasteiger partial charge in [-0.3, -0.25) is 4.79 Å². The van der Waals surface area contributed by atoms with Gasteiger partial charge in [0.2, 0.25) is 0 Å². The number of carbonyl (C=O) groups is 1. The molecular formula is C16H13NO2. The molecular weight excluding hydrogens is 238 g/mol. The maximum Gasteiger partial charge on any atom is 0.193 e. The van der Waals surface area contributed by atoms with E-state index in [0.29, 0.717) is 0 Å². The van der Waals surface area contributed by atoms with Crippen molar-refractivity contribution in [2.24, 2.45) is 0 Å². The number of aromatic nitrogens is 1. The standard InChI is InChI=1S/C13H10O.C3H3NO/c14-13(11-7-3-1-4-8-11)12-9-5-2-6-10-12;1-2-5-3-4-1/h1-10H;1-3H. The summed E-state index contributed by atoms with van der Waals surface area (Å²) in [5, 5.41) is 0. The Morgan fingerprint density at radius 2 is 1.37 bits per heavy atom. The van der Waals surface area contributed by atoms with E-state index in [1.54, 1.807) is 6.20 Å². The molecule has 2 aromatic carbocycles. The van der Waals surface area contributed by atoms with Gasteiger partial charge in [-0.15, -0.1) is 0 Å². The van der Waals surface area contributed by atoms with Gasteiger partial charge < -0.3 is 4.42 Å². The van der Waals surface area contributed by atoms with Gasteiger partial charge in [-0.05, 0) is 0 Å². The normalized spacial score (nSPS) is 9.26. The average Bonchev–Trinajstić information content (AvgIpc) is 3.08. The number of hydrogen-bond donors (Lipinski definition) is 0. The fourth-order valence-electron chi connectivity index (χ4n) is 1.52. The van der Waals surface area contributed by atoms with Gasteiger partial charge in [0.05, 0.1) is 6.20 Å². The van der Waals surface area contributed by atoms with Gasteiger partial charge in [0, 0.05) is 11.1 Å². The van der Waals surface area contributed by atoms with E-state index < -0.39 is 0 Å². The third-order valence-corrected chi connectivity index (χ3v) is 2.42. The molecule has 3 heteroatoms. The van der Waals surface area contributed by atoms with Gasteiger partial charge in [-0.25, -0.2) is 4.98 Å². The summed E-state index contributed by atoms with van der Waals surface area (Å²) < 4.78 is 4.47. The van der Waals surface area contributed by atoms with Gasteiger partial charge in [0.25, 0.3) is 0 Å². The van der Waals surface area contributed by atoms with Crippen LogP contribution in [-0.2, 0) is 0 Å². The van der Waals surface area contributed by atoms with Crippen LogP contribution in [0.1, 0.15) is 15.9 Å². The van der Waals surface area contributed by atoms with Crippen molar-refractivity contribution >= 4 is 5.78 Å². The minimum absolute atomic E-state index is 0.0752. The van der Waals surface area contributed by atoms with Gasteiger partial charge in [0.1, 0.15) is 6.26 Å². The van der Waals surface area contributed by atoms with Crippen molar-refractivity contribution in [3.8, 4) is 0 Å². The van der Waals surface area contributed by atoms with E-state index in [-0.39, 0.29) is 5.78 Å². The molecule has 3 rings (SSSR count). The number of ketones is 1. The van der Waals surface area contributed by atoms with Crippen molar-refractivity contribution in [3.05, 3.63) is 90.6 Å². The molecule has 3 nitrogen and oxygen atoms in total. The van der Waals surface area contributed by atoms with Crippen LogP contribution in [0.2, 0.25) is 0 Å². The van der Waals surface area contributed by atoms with Crippen LogP contribution in [-0.4, -0.2) is 10.8 Å². The SMILES string of the molecule is O=C(c1ccccc1)c1ccccc1.c1cocn1. The second-order valence-electron chi connectivity index (χ2n) is 3.74. The highest BCUT2D eigenvalue weighted by Gasteiger charge is 2.06. The van der Waals surface area contributed by atoms with E-state index in [1.807, 2.05) is 60.7 Å². The molecule has 0 amide bonds. The number of carbonyl (C=O) groups excluding carboxylic acids is 1. The Hall–Kier alpha value is -2.68. The molecule has 0 N–H and O–H groups in total. The zero-order valence-corrected chi connectivity index (χ0v) is 10.3. The summed E-state index contributed by atoms with van der Waals surface area (Å²) in [5.41, 5.74) is 1.47. The molecule has 0 aliphatic heterocycles. The van der Waals surface area contributed by atoms with E-state index in [1.165, 1.54) is 12.7 Å². The monoisotopic (exact) mass is 251 g/mol. The second-order valence-corrected chi connectivity index (χ2v) is 3.74. The third-order valence-electron chi connectivity index (χ3n) is 2.42. The van der Waals surface area contributed by atoms with Crippen LogP contribution in [0, 0.1) is 0 Å². The van der Waals surface area contributed by atoms with Crippen LogP contribution < -0.4 is 0 Å². The number of hydrogen-bond acceptors (Lipinski definition) is 3. The van der Waals surface area contributed by atoms with E-state index >= 15 is 0 Å².